The quantitative estimate of drug-likeness (QED) is 0.791. The second-order valence-corrected chi connectivity index (χ2v) is 4.60. The van der Waals surface area contributed by atoms with E-state index < -0.39 is 5.97 Å². The molecule has 0 bridgehead atoms. The zero-order valence-electron chi connectivity index (χ0n) is 12.1. The number of fused-ring (bicyclic) bond motifs is 1. The summed E-state index contributed by atoms with van der Waals surface area (Å²) < 4.78 is 9.41. The number of hydrogen-bond donors (Lipinski definition) is 0. The molecular formula is C16H17NO4. The Morgan fingerprint density at radius 2 is 1.90 bits per heavy atom. The molecule has 1 aromatic carbocycles. The molecule has 2 rings (SSSR count). The summed E-state index contributed by atoms with van der Waals surface area (Å²) in [7, 11) is 2.70. The van der Waals surface area contributed by atoms with E-state index in [0.29, 0.717) is 30.5 Å². The average molecular weight is 287 g/mol. The summed E-state index contributed by atoms with van der Waals surface area (Å²) in [4.78, 5) is 27.5. The smallest absolute Gasteiger partial charge is 0.339 e. The van der Waals surface area contributed by atoms with Crippen molar-refractivity contribution in [3.05, 3.63) is 41.6 Å². The van der Waals surface area contributed by atoms with Crippen LogP contribution in [0.3, 0.4) is 0 Å². The standard InChI is InChI=1S/C16H17NO4/c1-20-15(18)9-5-8-14-12(16(19)21-2)10-11-6-3-4-7-13(11)17-14/h3-4,6-7,10H,5,8-9H2,1-2H3. The summed E-state index contributed by atoms with van der Waals surface area (Å²) in [5.74, 6) is -0.684. The van der Waals surface area contributed by atoms with E-state index in [2.05, 4.69) is 9.72 Å². The normalized spacial score (nSPS) is 10.4. The van der Waals surface area contributed by atoms with Crippen molar-refractivity contribution in [1.29, 1.82) is 0 Å². The fraction of sp³-hybridized carbons (Fsp3) is 0.312. The van der Waals surface area contributed by atoms with Gasteiger partial charge in [0.25, 0.3) is 0 Å². The molecule has 21 heavy (non-hydrogen) atoms. The van der Waals surface area contributed by atoms with Gasteiger partial charge in [0.2, 0.25) is 0 Å². The van der Waals surface area contributed by atoms with Crippen LogP contribution in [0, 0.1) is 0 Å². The number of aromatic nitrogens is 1. The highest BCUT2D eigenvalue weighted by Gasteiger charge is 2.15. The van der Waals surface area contributed by atoms with Crippen LogP contribution in [-0.2, 0) is 20.7 Å². The molecule has 2 aromatic rings. The first-order valence-electron chi connectivity index (χ1n) is 6.69. The van der Waals surface area contributed by atoms with Crippen LogP contribution in [0.4, 0.5) is 0 Å². The third-order valence-corrected chi connectivity index (χ3v) is 3.23. The van der Waals surface area contributed by atoms with E-state index in [1.54, 1.807) is 6.07 Å². The van der Waals surface area contributed by atoms with Crippen molar-refractivity contribution < 1.29 is 19.1 Å². The average Bonchev–Trinajstić information content (AvgIpc) is 2.53. The van der Waals surface area contributed by atoms with Gasteiger partial charge >= 0.3 is 11.9 Å². The van der Waals surface area contributed by atoms with Crippen molar-refractivity contribution in [3.8, 4) is 0 Å². The molecule has 0 saturated carbocycles. The minimum absolute atomic E-state index is 0.268. The maximum absolute atomic E-state index is 11.9. The monoisotopic (exact) mass is 287 g/mol. The predicted octanol–water partition coefficient (Wildman–Crippen LogP) is 2.52. The van der Waals surface area contributed by atoms with Crippen LogP contribution in [-0.4, -0.2) is 31.1 Å². The molecule has 0 amide bonds. The zero-order chi connectivity index (χ0) is 15.2. The topological polar surface area (TPSA) is 65.5 Å². The summed E-state index contributed by atoms with van der Waals surface area (Å²) in [6.45, 7) is 0. The second-order valence-electron chi connectivity index (χ2n) is 4.60. The number of carbonyl (C=O) groups excluding carboxylic acids is 2. The third kappa shape index (κ3) is 3.56. The summed E-state index contributed by atoms with van der Waals surface area (Å²) in [6.07, 6.45) is 1.39. The first kappa shape index (κ1) is 15.0. The number of esters is 2. The lowest BCUT2D eigenvalue weighted by Gasteiger charge is -2.09. The molecule has 0 aliphatic heterocycles. The fourth-order valence-electron chi connectivity index (χ4n) is 2.14. The van der Waals surface area contributed by atoms with Crippen molar-refractivity contribution in [2.24, 2.45) is 0 Å². The van der Waals surface area contributed by atoms with Gasteiger partial charge < -0.3 is 9.47 Å². The summed E-state index contributed by atoms with van der Waals surface area (Å²) in [6, 6.07) is 9.35. The van der Waals surface area contributed by atoms with Crippen LogP contribution in [0.25, 0.3) is 10.9 Å². The van der Waals surface area contributed by atoms with Gasteiger partial charge in [-0.1, -0.05) is 18.2 Å². The van der Waals surface area contributed by atoms with E-state index in [9.17, 15) is 9.59 Å². The van der Waals surface area contributed by atoms with E-state index in [0.717, 1.165) is 10.9 Å². The number of rotatable bonds is 5. The van der Waals surface area contributed by atoms with Gasteiger partial charge in [-0.15, -0.1) is 0 Å². The number of nitrogens with zero attached hydrogens (tertiary/aromatic N) is 1. The highest BCUT2D eigenvalue weighted by Crippen LogP contribution is 2.19. The number of methoxy groups -OCH3 is 2. The van der Waals surface area contributed by atoms with Crippen molar-refractivity contribution in [2.45, 2.75) is 19.3 Å². The maximum atomic E-state index is 11.9. The molecule has 0 atom stereocenters. The zero-order valence-corrected chi connectivity index (χ0v) is 12.1. The van der Waals surface area contributed by atoms with E-state index in [1.807, 2.05) is 24.3 Å². The highest BCUT2D eigenvalue weighted by atomic mass is 16.5. The van der Waals surface area contributed by atoms with Gasteiger partial charge in [-0.05, 0) is 25.0 Å². The lowest BCUT2D eigenvalue weighted by atomic mass is 10.0. The number of benzene rings is 1. The van der Waals surface area contributed by atoms with Crippen LogP contribution in [0.2, 0.25) is 0 Å². The van der Waals surface area contributed by atoms with Gasteiger partial charge in [-0.2, -0.15) is 0 Å². The van der Waals surface area contributed by atoms with Crippen molar-refractivity contribution in [1.82, 2.24) is 4.98 Å². The van der Waals surface area contributed by atoms with Crippen LogP contribution in [0.15, 0.2) is 30.3 Å². The van der Waals surface area contributed by atoms with E-state index >= 15 is 0 Å². The van der Waals surface area contributed by atoms with Crippen molar-refractivity contribution in [3.63, 3.8) is 0 Å². The Bertz CT molecular complexity index is 666. The van der Waals surface area contributed by atoms with Crippen LogP contribution in [0.5, 0.6) is 0 Å². The predicted molar refractivity (Wildman–Crippen MR) is 78.0 cm³/mol. The van der Waals surface area contributed by atoms with Crippen molar-refractivity contribution >= 4 is 22.8 Å². The second kappa shape index (κ2) is 6.83. The third-order valence-electron chi connectivity index (χ3n) is 3.23. The maximum Gasteiger partial charge on any atom is 0.339 e. The van der Waals surface area contributed by atoms with E-state index in [1.165, 1.54) is 14.2 Å². The van der Waals surface area contributed by atoms with Crippen LogP contribution >= 0.6 is 0 Å². The number of para-hydroxylation sites is 1. The Labute approximate surface area is 122 Å². The number of carbonyl (C=O) groups is 2. The molecule has 5 nitrogen and oxygen atoms in total. The fourth-order valence-corrected chi connectivity index (χ4v) is 2.14. The molecule has 0 unspecified atom stereocenters. The molecule has 1 aromatic heterocycles. The van der Waals surface area contributed by atoms with Gasteiger partial charge in [0.05, 0.1) is 31.0 Å². The lowest BCUT2D eigenvalue weighted by Crippen LogP contribution is -2.09. The van der Waals surface area contributed by atoms with Gasteiger partial charge in [-0.3, -0.25) is 9.78 Å². The molecule has 0 aliphatic carbocycles. The summed E-state index contributed by atoms with van der Waals surface area (Å²) >= 11 is 0. The molecule has 5 heteroatoms. The Morgan fingerprint density at radius 1 is 1.14 bits per heavy atom. The number of pyridine rings is 1. The summed E-state index contributed by atoms with van der Waals surface area (Å²) in [5, 5.41) is 0.884. The Kier molecular flexibility index (Phi) is 4.87. The molecular weight excluding hydrogens is 270 g/mol. The molecule has 0 aliphatic rings. The first-order chi connectivity index (χ1) is 10.2. The number of aryl methyl sites for hydroxylation is 1. The first-order valence-corrected chi connectivity index (χ1v) is 6.69. The number of hydrogen-bond acceptors (Lipinski definition) is 5. The Balaban J connectivity index is 2.30. The van der Waals surface area contributed by atoms with Gasteiger partial charge in [0.15, 0.2) is 0 Å². The molecule has 1 heterocycles. The minimum atomic E-state index is -0.415. The van der Waals surface area contributed by atoms with Gasteiger partial charge in [0, 0.05) is 11.8 Å². The lowest BCUT2D eigenvalue weighted by molar-refractivity contribution is -0.140. The van der Waals surface area contributed by atoms with Crippen LogP contribution in [0.1, 0.15) is 28.9 Å². The van der Waals surface area contributed by atoms with Gasteiger partial charge in [0.1, 0.15) is 0 Å². The SMILES string of the molecule is COC(=O)CCCc1nc2ccccc2cc1C(=O)OC. The molecule has 0 N–H and O–H groups in total. The molecule has 0 spiro atoms. The Morgan fingerprint density at radius 3 is 2.62 bits per heavy atom. The largest absolute Gasteiger partial charge is 0.469 e. The van der Waals surface area contributed by atoms with Gasteiger partial charge in [-0.25, -0.2) is 4.79 Å². The molecule has 0 radical (unpaired) electrons. The molecule has 110 valence electrons. The van der Waals surface area contributed by atoms with E-state index in [-0.39, 0.29) is 5.97 Å². The number of ether oxygens (including phenoxy) is 2. The Hall–Kier alpha value is -2.43. The van der Waals surface area contributed by atoms with Crippen molar-refractivity contribution in [2.75, 3.05) is 14.2 Å². The van der Waals surface area contributed by atoms with E-state index in [4.69, 9.17) is 4.74 Å². The minimum Gasteiger partial charge on any atom is -0.469 e. The van der Waals surface area contributed by atoms with Crippen LogP contribution < -0.4 is 0 Å². The highest BCUT2D eigenvalue weighted by molar-refractivity contribution is 5.95. The molecule has 0 saturated heterocycles. The summed E-state index contributed by atoms with van der Waals surface area (Å²) in [5.41, 5.74) is 1.91. The molecule has 0 fully saturated rings.